The van der Waals surface area contributed by atoms with Gasteiger partial charge in [0.2, 0.25) is 0 Å². The van der Waals surface area contributed by atoms with E-state index in [4.69, 9.17) is 11.1 Å². The molecule has 1 aliphatic rings. The van der Waals surface area contributed by atoms with Crippen LogP contribution in [0.5, 0.6) is 0 Å². The fraction of sp³-hybridized carbons (Fsp3) is 0.167. The minimum atomic E-state index is 0.384. The quantitative estimate of drug-likeness (QED) is 0.434. The molecule has 9 heavy (non-hydrogen) atoms. The van der Waals surface area contributed by atoms with Gasteiger partial charge in [-0.05, 0) is 13.0 Å². The number of nitrogens with one attached hydrogen (secondary N) is 2. The third-order valence-corrected chi connectivity index (χ3v) is 1.17. The zero-order valence-corrected chi connectivity index (χ0v) is 5.23. The molecule has 0 unspecified atom stereocenters. The van der Waals surface area contributed by atoms with Crippen molar-refractivity contribution in [2.45, 2.75) is 6.92 Å². The largest absolute Gasteiger partial charge is 0.402 e. The van der Waals surface area contributed by atoms with Crippen LogP contribution in [-0.2, 0) is 0 Å². The fourth-order valence-corrected chi connectivity index (χ4v) is 0.698. The molecule has 0 saturated carbocycles. The lowest BCUT2D eigenvalue weighted by Crippen LogP contribution is -2.13. The molecular formula is C6H9N3. The Hall–Kier alpha value is -1.25. The van der Waals surface area contributed by atoms with Gasteiger partial charge in [0.15, 0.2) is 0 Å². The third kappa shape index (κ3) is 0.937. The van der Waals surface area contributed by atoms with Crippen molar-refractivity contribution < 1.29 is 0 Å². The summed E-state index contributed by atoms with van der Waals surface area (Å²) in [6.07, 6.45) is 3.49. The molecule has 4 N–H and O–H groups in total. The Morgan fingerprint density at radius 1 is 1.78 bits per heavy atom. The molecule has 0 aromatic heterocycles. The van der Waals surface area contributed by atoms with Crippen molar-refractivity contribution in [1.82, 2.24) is 5.32 Å². The second-order valence-electron chi connectivity index (χ2n) is 1.95. The Morgan fingerprint density at radius 2 is 2.44 bits per heavy atom. The summed E-state index contributed by atoms with van der Waals surface area (Å²) in [5.74, 6) is 0.384. The summed E-state index contributed by atoms with van der Waals surface area (Å²) in [6.45, 7) is 1.78. The summed E-state index contributed by atoms with van der Waals surface area (Å²) < 4.78 is 0. The lowest BCUT2D eigenvalue weighted by atomic mass is 10.2. The van der Waals surface area contributed by atoms with Crippen molar-refractivity contribution in [3.05, 3.63) is 23.5 Å². The van der Waals surface area contributed by atoms with Gasteiger partial charge in [-0.25, -0.2) is 0 Å². The van der Waals surface area contributed by atoms with E-state index in [-0.39, 0.29) is 0 Å². The minimum Gasteiger partial charge on any atom is -0.402 e. The van der Waals surface area contributed by atoms with Crippen molar-refractivity contribution >= 4 is 5.84 Å². The highest BCUT2D eigenvalue weighted by atomic mass is 14.9. The zero-order valence-electron chi connectivity index (χ0n) is 5.23. The van der Waals surface area contributed by atoms with Crippen LogP contribution in [0.25, 0.3) is 0 Å². The summed E-state index contributed by atoms with van der Waals surface area (Å²) in [7, 11) is 0. The average molecular weight is 123 g/mol. The van der Waals surface area contributed by atoms with Crippen LogP contribution < -0.4 is 11.1 Å². The third-order valence-electron chi connectivity index (χ3n) is 1.17. The molecule has 0 saturated heterocycles. The monoisotopic (exact) mass is 123 g/mol. The minimum absolute atomic E-state index is 0.384. The molecule has 3 heteroatoms. The van der Waals surface area contributed by atoms with Crippen molar-refractivity contribution in [2.75, 3.05) is 0 Å². The second kappa shape index (κ2) is 1.93. The normalized spacial score (nSPS) is 22.1. The van der Waals surface area contributed by atoms with Crippen LogP contribution in [0.4, 0.5) is 0 Å². The van der Waals surface area contributed by atoms with Gasteiger partial charge in [-0.1, -0.05) is 0 Å². The van der Waals surface area contributed by atoms with Crippen molar-refractivity contribution in [2.24, 2.45) is 5.73 Å². The van der Waals surface area contributed by atoms with Gasteiger partial charge in [-0.15, -0.1) is 0 Å². The first-order valence-corrected chi connectivity index (χ1v) is 2.70. The van der Waals surface area contributed by atoms with Gasteiger partial charge in [0.25, 0.3) is 0 Å². The molecule has 1 aliphatic heterocycles. The SMILES string of the molecule is C/C(N)=C1/C=CNC1=N. The topological polar surface area (TPSA) is 61.9 Å². The number of allylic oxidation sites excluding steroid dienone is 1. The van der Waals surface area contributed by atoms with Crippen molar-refractivity contribution in [1.29, 1.82) is 5.41 Å². The fourth-order valence-electron chi connectivity index (χ4n) is 0.698. The molecule has 1 rings (SSSR count). The second-order valence-corrected chi connectivity index (χ2v) is 1.95. The van der Waals surface area contributed by atoms with E-state index in [0.717, 1.165) is 5.57 Å². The highest BCUT2D eigenvalue weighted by Gasteiger charge is 2.06. The van der Waals surface area contributed by atoms with E-state index in [1.165, 1.54) is 0 Å². The highest BCUT2D eigenvalue weighted by molar-refractivity contribution is 6.02. The standard InChI is InChI=1S/C6H9N3/c1-4(7)5-2-3-9-6(5)8/h2-3H,7H2,1H3,(H2,8,9)/b5-4+. The van der Waals surface area contributed by atoms with Crippen LogP contribution in [0.2, 0.25) is 0 Å². The number of nitrogens with two attached hydrogens (primary N) is 1. The first-order valence-electron chi connectivity index (χ1n) is 2.70. The van der Waals surface area contributed by atoms with Crippen molar-refractivity contribution in [3.63, 3.8) is 0 Å². The predicted octanol–water partition coefficient (Wildman–Crippen LogP) is 0.313. The Kier molecular flexibility index (Phi) is 1.26. The van der Waals surface area contributed by atoms with E-state index in [0.29, 0.717) is 11.5 Å². The van der Waals surface area contributed by atoms with E-state index in [1.807, 2.05) is 0 Å². The summed E-state index contributed by atoms with van der Waals surface area (Å²) in [4.78, 5) is 0. The summed E-state index contributed by atoms with van der Waals surface area (Å²) in [5, 5.41) is 9.94. The molecule has 0 radical (unpaired) electrons. The Morgan fingerprint density at radius 3 is 2.67 bits per heavy atom. The van der Waals surface area contributed by atoms with Crippen LogP contribution in [0.1, 0.15) is 6.92 Å². The van der Waals surface area contributed by atoms with E-state index >= 15 is 0 Å². The first-order chi connectivity index (χ1) is 4.22. The van der Waals surface area contributed by atoms with Gasteiger partial charge in [-0.2, -0.15) is 0 Å². The lowest BCUT2D eigenvalue weighted by Gasteiger charge is -1.96. The maximum absolute atomic E-state index is 7.22. The Balaban J connectivity index is 2.95. The molecule has 0 amide bonds. The molecule has 0 fully saturated rings. The average Bonchev–Trinajstić information content (AvgIpc) is 2.13. The van der Waals surface area contributed by atoms with Gasteiger partial charge >= 0.3 is 0 Å². The maximum Gasteiger partial charge on any atom is 0.131 e. The zero-order chi connectivity index (χ0) is 6.85. The lowest BCUT2D eigenvalue weighted by molar-refractivity contribution is 1.24. The molecule has 3 nitrogen and oxygen atoms in total. The number of rotatable bonds is 0. The van der Waals surface area contributed by atoms with E-state index < -0.39 is 0 Å². The van der Waals surface area contributed by atoms with Crippen LogP contribution in [0, 0.1) is 5.41 Å². The van der Waals surface area contributed by atoms with Gasteiger partial charge in [-0.3, -0.25) is 5.41 Å². The molecule has 0 aliphatic carbocycles. The van der Waals surface area contributed by atoms with E-state index in [9.17, 15) is 0 Å². The Bertz CT molecular complexity index is 196. The number of hydrogen-bond acceptors (Lipinski definition) is 2. The highest BCUT2D eigenvalue weighted by Crippen LogP contribution is 2.05. The molecule has 0 atom stereocenters. The Labute approximate surface area is 53.8 Å². The van der Waals surface area contributed by atoms with Gasteiger partial charge < -0.3 is 11.1 Å². The number of hydrogen-bond donors (Lipinski definition) is 3. The number of amidine groups is 1. The molecule has 0 bridgehead atoms. The maximum atomic E-state index is 7.22. The van der Waals surface area contributed by atoms with Crippen LogP contribution in [-0.4, -0.2) is 5.84 Å². The molecule has 0 spiro atoms. The van der Waals surface area contributed by atoms with E-state index in [1.54, 1.807) is 19.2 Å². The van der Waals surface area contributed by atoms with Crippen LogP contribution >= 0.6 is 0 Å². The van der Waals surface area contributed by atoms with Crippen LogP contribution in [0.15, 0.2) is 23.5 Å². The smallest absolute Gasteiger partial charge is 0.131 e. The first kappa shape index (κ1) is 5.88. The van der Waals surface area contributed by atoms with Crippen LogP contribution in [0.3, 0.4) is 0 Å². The predicted molar refractivity (Wildman–Crippen MR) is 36.9 cm³/mol. The molecule has 48 valence electrons. The molecule has 0 aromatic carbocycles. The van der Waals surface area contributed by atoms with Gasteiger partial charge in [0.05, 0.1) is 0 Å². The van der Waals surface area contributed by atoms with E-state index in [2.05, 4.69) is 5.32 Å². The summed E-state index contributed by atoms with van der Waals surface area (Å²) >= 11 is 0. The summed E-state index contributed by atoms with van der Waals surface area (Å²) in [5.41, 5.74) is 6.90. The molecule has 1 heterocycles. The van der Waals surface area contributed by atoms with Crippen molar-refractivity contribution in [3.8, 4) is 0 Å². The molecule has 0 aromatic rings. The van der Waals surface area contributed by atoms with Gasteiger partial charge in [0.1, 0.15) is 5.84 Å². The molecular weight excluding hydrogens is 114 g/mol. The summed E-state index contributed by atoms with van der Waals surface area (Å²) in [6, 6.07) is 0. The van der Waals surface area contributed by atoms with Gasteiger partial charge in [0, 0.05) is 17.5 Å².